The molecule has 0 aliphatic carbocycles. The standard InChI is InChI=1S/C28H28Cl2F4N2O5/c1-5-15(36-7-6-14-8-17(29)18(30)9-16(14)27(36)39)12-35-21(11-23(38)41-28(2,3)4)22(37)13-40-26-24(33)19(31)10-20(32)25(26)34/h6-10,15,21,35H,5,11-13H2,1-4H3/t15-,21-/m0/s1. The van der Waals surface area contributed by atoms with Crippen molar-refractivity contribution in [1.29, 1.82) is 0 Å². The quantitative estimate of drug-likeness (QED) is 0.157. The van der Waals surface area contributed by atoms with Crippen molar-refractivity contribution in [2.24, 2.45) is 0 Å². The third-order valence-corrected chi connectivity index (χ3v) is 6.77. The Kier molecular flexibility index (Phi) is 10.4. The van der Waals surface area contributed by atoms with Crippen molar-refractivity contribution in [3.05, 3.63) is 74.1 Å². The highest BCUT2D eigenvalue weighted by Crippen LogP contribution is 2.28. The molecule has 1 aromatic heterocycles. The predicted octanol–water partition coefficient (Wildman–Crippen LogP) is 6.15. The van der Waals surface area contributed by atoms with E-state index < -0.39 is 71.5 Å². The maximum Gasteiger partial charge on any atom is 0.308 e. The highest BCUT2D eigenvalue weighted by atomic mass is 35.5. The number of halogens is 6. The molecule has 222 valence electrons. The van der Waals surface area contributed by atoms with E-state index in [2.05, 4.69) is 5.32 Å². The number of esters is 1. The summed E-state index contributed by atoms with van der Waals surface area (Å²) in [7, 11) is 0. The molecule has 0 bridgehead atoms. The Labute approximate surface area is 243 Å². The highest BCUT2D eigenvalue weighted by molar-refractivity contribution is 6.42. The molecular formula is C28H28Cl2F4N2O5. The third-order valence-electron chi connectivity index (χ3n) is 6.05. The summed E-state index contributed by atoms with van der Waals surface area (Å²) in [4.78, 5) is 38.8. The van der Waals surface area contributed by atoms with Crippen molar-refractivity contribution < 1.29 is 36.6 Å². The average molecular weight is 619 g/mol. The number of ketones is 1. The van der Waals surface area contributed by atoms with Gasteiger partial charge < -0.3 is 19.4 Å². The molecule has 1 N–H and O–H groups in total. The van der Waals surface area contributed by atoms with Gasteiger partial charge in [-0.05, 0) is 50.8 Å². The van der Waals surface area contributed by atoms with E-state index in [0.717, 1.165) is 0 Å². The van der Waals surface area contributed by atoms with Crippen LogP contribution >= 0.6 is 23.2 Å². The van der Waals surface area contributed by atoms with E-state index in [1.54, 1.807) is 46.0 Å². The number of ether oxygens (including phenoxy) is 2. The van der Waals surface area contributed by atoms with E-state index in [0.29, 0.717) is 17.2 Å². The number of hydrogen-bond acceptors (Lipinski definition) is 6. The van der Waals surface area contributed by atoms with Crippen molar-refractivity contribution in [3.8, 4) is 5.75 Å². The number of hydrogen-bond donors (Lipinski definition) is 1. The Hall–Kier alpha value is -3.15. The monoisotopic (exact) mass is 618 g/mol. The first kappa shape index (κ1) is 32.4. The van der Waals surface area contributed by atoms with Crippen LogP contribution in [0.2, 0.25) is 10.0 Å². The van der Waals surface area contributed by atoms with Gasteiger partial charge in [0.2, 0.25) is 11.6 Å². The molecular weight excluding hydrogens is 591 g/mol. The van der Waals surface area contributed by atoms with E-state index >= 15 is 0 Å². The Bertz CT molecular complexity index is 1500. The Balaban J connectivity index is 1.84. The first-order chi connectivity index (χ1) is 19.1. The van der Waals surface area contributed by atoms with Gasteiger partial charge in [-0.25, -0.2) is 8.78 Å². The number of nitrogens with one attached hydrogen (secondary N) is 1. The summed E-state index contributed by atoms with van der Waals surface area (Å²) in [5, 5.41) is 4.28. The molecule has 2 atom stereocenters. The first-order valence-electron chi connectivity index (χ1n) is 12.6. The van der Waals surface area contributed by atoms with E-state index in [1.807, 2.05) is 0 Å². The van der Waals surface area contributed by atoms with Gasteiger partial charge in [0, 0.05) is 30.2 Å². The summed E-state index contributed by atoms with van der Waals surface area (Å²) in [5.74, 6) is -10.1. The Morgan fingerprint density at radius 1 is 1.02 bits per heavy atom. The molecule has 0 radical (unpaired) electrons. The first-order valence-corrected chi connectivity index (χ1v) is 13.3. The van der Waals surface area contributed by atoms with Crippen LogP contribution in [0.25, 0.3) is 10.8 Å². The molecule has 0 saturated carbocycles. The lowest BCUT2D eigenvalue weighted by atomic mass is 10.1. The largest absolute Gasteiger partial charge is 0.479 e. The number of fused-ring (bicyclic) bond motifs is 1. The van der Waals surface area contributed by atoms with Crippen LogP contribution in [-0.2, 0) is 14.3 Å². The lowest BCUT2D eigenvalue weighted by Gasteiger charge is -2.25. The number of aromatic nitrogens is 1. The fourth-order valence-electron chi connectivity index (χ4n) is 4.03. The van der Waals surface area contributed by atoms with Gasteiger partial charge in [-0.3, -0.25) is 14.4 Å². The minimum Gasteiger partial charge on any atom is -0.479 e. The van der Waals surface area contributed by atoms with Crippen molar-refractivity contribution in [2.45, 2.75) is 58.2 Å². The molecule has 0 fully saturated rings. The zero-order chi connectivity index (χ0) is 30.6. The zero-order valence-electron chi connectivity index (χ0n) is 22.6. The molecule has 0 aliphatic rings. The molecule has 1 heterocycles. The number of Topliss-reactive ketones (excluding diaryl/α,β-unsaturated/α-hetero) is 1. The zero-order valence-corrected chi connectivity index (χ0v) is 24.1. The molecule has 0 aliphatic heterocycles. The topological polar surface area (TPSA) is 86.6 Å². The Morgan fingerprint density at radius 2 is 1.63 bits per heavy atom. The number of carbonyl (C=O) groups excluding carboxylic acids is 2. The highest BCUT2D eigenvalue weighted by Gasteiger charge is 2.28. The fraction of sp³-hybridized carbons (Fsp3) is 0.393. The lowest BCUT2D eigenvalue weighted by molar-refractivity contribution is -0.156. The summed E-state index contributed by atoms with van der Waals surface area (Å²) in [6.07, 6.45) is 1.48. The van der Waals surface area contributed by atoms with Crippen LogP contribution in [0.1, 0.15) is 46.6 Å². The van der Waals surface area contributed by atoms with Gasteiger partial charge in [0.1, 0.15) is 12.2 Å². The molecule has 0 saturated heterocycles. The second-order valence-electron chi connectivity index (χ2n) is 10.2. The van der Waals surface area contributed by atoms with E-state index in [9.17, 15) is 31.9 Å². The van der Waals surface area contributed by atoms with Crippen LogP contribution < -0.4 is 15.6 Å². The minimum absolute atomic E-state index is 0.000243. The van der Waals surface area contributed by atoms with Crippen molar-refractivity contribution in [1.82, 2.24) is 9.88 Å². The van der Waals surface area contributed by atoms with E-state index in [-0.39, 0.29) is 28.2 Å². The summed E-state index contributed by atoms with van der Waals surface area (Å²) < 4.78 is 66.7. The molecule has 7 nitrogen and oxygen atoms in total. The minimum atomic E-state index is -1.81. The number of nitrogens with zero attached hydrogens (tertiary/aromatic N) is 1. The maximum absolute atomic E-state index is 14.0. The van der Waals surface area contributed by atoms with Crippen LogP contribution in [0.15, 0.2) is 35.3 Å². The van der Waals surface area contributed by atoms with Crippen molar-refractivity contribution in [3.63, 3.8) is 0 Å². The van der Waals surface area contributed by atoms with E-state index in [1.165, 1.54) is 10.6 Å². The number of rotatable bonds is 11. The second-order valence-corrected chi connectivity index (χ2v) is 11.1. The van der Waals surface area contributed by atoms with Crippen molar-refractivity contribution in [2.75, 3.05) is 13.2 Å². The number of carbonyl (C=O) groups is 2. The SMILES string of the molecule is CC[C@@H](CN[C@@H](CC(=O)OC(C)(C)C)C(=O)COc1c(F)c(F)cc(F)c1F)n1ccc2cc(Cl)c(Cl)cc2c1=O. The van der Waals surface area contributed by atoms with Gasteiger partial charge in [-0.2, -0.15) is 8.78 Å². The van der Waals surface area contributed by atoms with Gasteiger partial charge >= 0.3 is 5.97 Å². The van der Waals surface area contributed by atoms with Gasteiger partial charge in [-0.1, -0.05) is 30.1 Å². The lowest BCUT2D eigenvalue weighted by Crippen LogP contribution is -2.45. The fourth-order valence-corrected chi connectivity index (χ4v) is 4.37. The summed E-state index contributed by atoms with van der Waals surface area (Å²) in [5.41, 5.74) is -1.24. The van der Waals surface area contributed by atoms with Gasteiger partial charge in [0.25, 0.3) is 5.56 Å². The van der Waals surface area contributed by atoms with Crippen LogP contribution in [0, 0.1) is 23.3 Å². The molecule has 0 unspecified atom stereocenters. The molecule has 0 spiro atoms. The molecule has 2 aromatic carbocycles. The van der Waals surface area contributed by atoms with Crippen LogP contribution in [-0.4, -0.2) is 41.1 Å². The molecule has 3 aromatic rings. The molecule has 0 amide bonds. The maximum atomic E-state index is 14.0. The normalized spacial score (nSPS) is 13.2. The second kappa shape index (κ2) is 13.2. The molecule has 41 heavy (non-hydrogen) atoms. The van der Waals surface area contributed by atoms with Crippen LogP contribution in [0.4, 0.5) is 17.6 Å². The predicted molar refractivity (Wildman–Crippen MR) is 147 cm³/mol. The number of pyridine rings is 1. The van der Waals surface area contributed by atoms with Gasteiger partial charge in [-0.15, -0.1) is 0 Å². The van der Waals surface area contributed by atoms with Gasteiger partial charge in [0.05, 0.1) is 22.5 Å². The average Bonchev–Trinajstić information content (AvgIpc) is 2.88. The summed E-state index contributed by atoms with van der Waals surface area (Å²) >= 11 is 12.1. The summed E-state index contributed by atoms with van der Waals surface area (Å²) in [6.45, 7) is 5.65. The van der Waals surface area contributed by atoms with Crippen LogP contribution in [0.5, 0.6) is 5.75 Å². The Morgan fingerprint density at radius 3 is 2.22 bits per heavy atom. The van der Waals surface area contributed by atoms with E-state index in [4.69, 9.17) is 32.7 Å². The number of benzene rings is 2. The van der Waals surface area contributed by atoms with Crippen LogP contribution in [0.3, 0.4) is 0 Å². The summed E-state index contributed by atoms with van der Waals surface area (Å²) in [6, 6.07) is 2.90. The smallest absolute Gasteiger partial charge is 0.308 e. The molecule has 3 rings (SSSR count). The van der Waals surface area contributed by atoms with Gasteiger partial charge in [0.15, 0.2) is 23.2 Å². The van der Waals surface area contributed by atoms with Crippen molar-refractivity contribution >= 4 is 45.7 Å². The third kappa shape index (κ3) is 7.99. The molecule has 13 heteroatoms.